The van der Waals surface area contributed by atoms with E-state index in [9.17, 15) is 18.0 Å². The number of halogens is 1. The van der Waals surface area contributed by atoms with Crippen LogP contribution in [0.2, 0.25) is 5.02 Å². The molecular weight excluding hydrogens is 430 g/mol. The molecule has 3 atom stereocenters. The molecule has 3 unspecified atom stereocenters. The minimum atomic E-state index is -3.89. The molecule has 0 bridgehead atoms. The summed E-state index contributed by atoms with van der Waals surface area (Å²) in [4.78, 5) is 24.2. The van der Waals surface area contributed by atoms with Gasteiger partial charge in [-0.05, 0) is 45.4 Å². The highest BCUT2D eigenvalue weighted by Crippen LogP contribution is 2.28. The van der Waals surface area contributed by atoms with Crippen molar-refractivity contribution in [2.75, 3.05) is 19.6 Å². The van der Waals surface area contributed by atoms with Crippen LogP contribution in [0.1, 0.15) is 50.9 Å². The highest BCUT2D eigenvalue weighted by Gasteiger charge is 2.33. The fourth-order valence-corrected chi connectivity index (χ4v) is 5.24. The van der Waals surface area contributed by atoms with Gasteiger partial charge in [-0.1, -0.05) is 18.5 Å². The van der Waals surface area contributed by atoms with E-state index in [-0.39, 0.29) is 65.7 Å². The van der Waals surface area contributed by atoms with Crippen LogP contribution in [0.25, 0.3) is 0 Å². The molecule has 1 heterocycles. The molecule has 1 aliphatic heterocycles. The van der Waals surface area contributed by atoms with Gasteiger partial charge in [0.2, 0.25) is 15.9 Å². The summed E-state index contributed by atoms with van der Waals surface area (Å²) >= 11 is 6.16. The lowest BCUT2D eigenvalue weighted by Gasteiger charge is -2.34. The first kappa shape index (κ1) is 24.6. The van der Waals surface area contributed by atoms with Crippen molar-refractivity contribution >= 4 is 33.4 Å². The molecule has 8 nitrogen and oxygen atoms in total. The zero-order valence-electron chi connectivity index (χ0n) is 17.8. The standard InChI is InChI=1S/C20H30ClN3O5S/c1-5-13(2)23-19(25)8-9-22-20(26)16-6-7-17(21)18(10-16)30(27,28)24-11-14(3)29-15(4)12-24/h6-7,10,13-15H,5,8-9,11-12H2,1-4H3,(H,22,26)(H,23,25). The smallest absolute Gasteiger partial charge is 0.251 e. The molecular formula is C20H30ClN3O5S. The largest absolute Gasteiger partial charge is 0.373 e. The van der Waals surface area contributed by atoms with E-state index in [1.165, 1.54) is 22.5 Å². The van der Waals surface area contributed by atoms with Gasteiger partial charge in [0.05, 0.1) is 17.2 Å². The summed E-state index contributed by atoms with van der Waals surface area (Å²) < 4.78 is 33.1. The Morgan fingerprint density at radius 2 is 1.90 bits per heavy atom. The predicted molar refractivity (Wildman–Crippen MR) is 115 cm³/mol. The number of benzene rings is 1. The summed E-state index contributed by atoms with van der Waals surface area (Å²) in [6.07, 6.45) is 0.477. The monoisotopic (exact) mass is 459 g/mol. The second-order valence-corrected chi connectivity index (χ2v) is 9.92. The van der Waals surface area contributed by atoms with E-state index in [0.717, 1.165) is 6.42 Å². The van der Waals surface area contributed by atoms with Gasteiger partial charge in [0, 0.05) is 37.7 Å². The van der Waals surface area contributed by atoms with Crippen LogP contribution in [0.3, 0.4) is 0 Å². The van der Waals surface area contributed by atoms with E-state index < -0.39 is 15.9 Å². The van der Waals surface area contributed by atoms with E-state index >= 15 is 0 Å². The van der Waals surface area contributed by atoms with Crippen molar-refractivity contribution < 1.29 is 22.7 Å². The summed E-state index contributed by atoms with van der Waals surface area (Å²) in [5.41, 5.74) is 0.162. The molecule has 168 valence electrons. The van der Waals surface area contributed by atoms with Crippen LogP contribution in [-0.2, 0) is 19.6 Å². The van der Waals surface area contributed by atoms with E-state index in [4.69, 9.17) is 16.3 Å². The SMILES string of the molecule is CCC(C)NC(=O)CCNC(=O)c1ccc(Cl)c(S(=O)(=O)N2CC(C)OC(C)C2)c1. The molecule has 30 heavy (non-hydrogen) atoms. The normalized spacial score (nSPS) is 21.1. The van der Waals surface area contributed by atoms with Gasteiger partial charge >= 0.3 is 0 Å². The van der Waals surface area contributed by atoms with Crippen molar-refractivity contribution in [3.8, 4) is 0 Å². The maximum absolute atomic E-state index is 13.1. The Kier molecular flexibility index (Phi) is 8.66. The van der Waals surface area contributed by atoms with Gasteiger partial charge in [-0.2, -0.15) is 4.31 Å². The average Bonchev–Trinajstić information content (AvgIpc) is 2.67. The summed E-state index contributed by atoms with van der Waals surface area (Å²) in [6.45, 7) is 8.06. The third kappa shape index (κ3) is 6.41. The third-order valence-corrected chi connectivity index (χ3v) is 7.17. The van der Waals surface area contributed by atoms with E-state index in [2.05, 4.69) is 10.6 Å². The Balaban J connectivity index is 2.09. The molecule has 10 heteroatoms. The molecule has 0 aromatic heterocycles. The Bertz CT molecular complexity index is 867. The van der Waals surface area contributed by atoms with Crippen LogP contribution in [0.5, 0.6) is 0 Å². The number of hydrogen-bond donors (Lipinski definition) is 2. The minimum absolute atomic E-state index is 0.0475. The van der Waals surface area contributed by atoms with Crippen molar-refractivity contribution in [3.05, 3.63) is 28.8 Å². The zero-order chi connectivity index (χ0) is 22.5. The number of amides is 2. The molecule has 0 saturated carbocycles. The van der Waals surface area contributed by atoms with Crippen LogP contribution in [0.15, 0.2) is 23.1 Å². The lowest BCUT2D eigenvalue weighted by atomic mass is 10.2. The highest BCUT2D eigenvalue weighted by atomic mass is 35.5. The molecule has 0 spiro atoms. The maximum atomic E-state index is 13.1. The maximum Gasteiger partial charge on any atom is 0.251 e. The molecule has 2 N–H and O–H groups in total. The average molecular weight is 460 g/mol. The number of morpholine rings is 1. The number of nitrogens with one attached hydrogen (secondary N) is 2. The van der Waals surface area contributed by atoms with Crippen molar-refractivity contribution in [1.82, 2.24) is 14.9 Å². The lowest BCUT2D eigenvalue weighted by Crippen LogP contribution is -2.48. The molecule has 1 fully saturated rings. The number of sulfonamides is 1. The zero-order valence-corrected chi connectivity index (χ0v) is 19.3. The van der Waals surface area contributed by atoms with Gasteiger partial charge in [-0.15, -0.1) is 0 Å². The molecule has 1 saturated heterocycles. The van der Waals surface area contributed by atoms with Crippen LogP contribution in [0, 0.1) is 0 Å². The van der Waals surface area contributed by atoms with Crippen LogP contribution < -0.4 is 10.6 Å². The third-order valence-electron chi connectivity index (χ3n) is 4.85. The molecule has 1 aliphatic rings. The number of carbonyl (C=O) groups is 2. The van der Waals surface area contributed by atoms with Gasteiger partial charge < -0.3 is 15.4 Å². The number of nitrogens with zero attached hydrogens (tertiary/aromatic N) is 1. The molecule has 1 aromatic rings. The lowest BCUT2D eigenvalue weighted by molar-refractivity contribution is -0.121. The first-order valence-corrected chi connectivity index (χ1v) is 11.9. The van der Waals surface area contributed by atoms with Gasteiger partial charge in [-0.3, -0.25) is 9.59 Å². The van der Waals surface area contributed by atoms with Gasteiger partial charge in [0.1, 0.15) is 4.90 Å². The molecule has 2 rings (SSSR count). The summed E-state index contributed by atoms with van der Waals surface area (Å²) in [5.74, 6) is -0.622. The second kappa shape index (κ2) is 10.6. The van der Waals surface area contributed by atoms with Gasteiger partial charge in [0.25, 0.3) is 5.91 Å². The fraction of sp³-hybridized carbons (Fsp3) is 0.600. The molecule has 1 aromatic carbocycles. The Morgan fingerprint density at radius 3 is 2.50 bits per heavy atom. The van der Waals surface area contributed by atoms with E-state index in [1.54, 1.807) is 13.8 Å². The van der Waals surface area contributed by atoms with Crippen LogP contribution in [-0.4, -0.2) is 62.4 Å². The van der Waals surface area contributed by atoms with E-state index in [1.807, 2.05) is 13.8 Å². The first-order valence-electron chi connectivity index (χ1n) is 10.1. The van der Waals surface area contributed by atoms with Gasteiger partial charge in [0.15, 0.2) is 0 Å². The van der Waals surface area contributed by atoms with Crippen molar-refractivity contribution in [2.45, 2.75) is 63.7 Å². The Labute approximate surface area is 183 Å². The molecule has 2 amide bonds. The van der Waals surface area contributed by atoms with Crippen molar-refractivity contribution in [1.29, 1.82) is 0 Å². The number of rotatable bonds is 8. The van der Waals surface area contributed by atoms with E-state index in [0.29, 0.717) is 0 Å². The van der Waals surface area contributed by atoms with Crippen LogP contribution in [0.4, 0.5) is 0 Å². The number of carbonyl (C=O) groups excluding carboxylic acids is 2. The number of hydrogen-bond acceptors (Lipinski definition) is 5. The predicted octanol–water partition coefficient (Wildman–Crippen LogP) is 2.17. The summed E-state index contributed by atoms with van der Waals surface area (Å²) in [7, 11) is -3.89. The first-order chi connectivity index (χ1) is 14.0. The van der Waals surface area contributed by atoms with Crippen molar-refractivity contribution in [2.24, 2.45) is 0 Å². The Morgan fingerprint density at radius 1 is 1.27 bits per heavy atom. The minimum Gasteiger partial charge on any atom is -0.373 e. The molecule has 0 radical (unpaired) electrons. The van der Waals surface area contributed by atoms with Gasteiger partial charge in [-0.25, -0.2) is 8.42 Å². The summed E-state index contributed by atoms with van der Waals surface area (Å²) in [5, 5.41) is 5.51. The van der Waals surface area contributed by atoms with Crippen molar-refractivity contribution in [3.63, 3.8) is 0 Å². The number of ether oxygens (including phenoxy) is 1. The topological polar surface area (TPSA) is 105 Å². The summed E-state index contributed by atoms with van der Waals surface area (Å²) in [6, 6.07) is 4.20. The van der Waals surface area contributed by atoms with Crippen LogP contribution >= 0.6 is 11.6 Å². The fourth-order valence-electron chi connectivity index (χ4n) is 3.15. The molecule has 0 aliphatic carbocycles. The Hall–Kier alpha value is -1.68. The highest BCUT2D eigenvalue weighted by molar-refractivity contribution is 7.89. The second-order valence-electron chi connectivity index (χ2n) is 7.61. The quantitative estimate of drug-likeness (QED) is 0.619.